The number of carboxylic acids is 1. The van der Waals surface area contributed by atoms with Crippen molar-refractivity contribution in [2.45, 2.75) is 38.6 Å². The average Bonchev–Trinajstić information content (AvgIpc) is 2.85. The number of ether oxygens (including phenoxy) is 1. The molecule has 0 amide bonds. The molecule has 8 nitrogen and oxygen atoms in total. The summed E-state index contributed by atoms with van der Waals surface area (Å²) in [5.74, 6) is -0.852. The Kier molecular flexibility index (Phi) is 6.93. The van der Waals surface area contributed by atoms with Crippen LogP contribution in [0.3, 0.4) is 0 Å². The maximum Gasteiger partial charge on any atom is 0.336 e. The van der Waals surface area contributed by atoms with Crippen LogP contribution >= 0.6 is 11.6 Å². The van der Waals surface area contributed by atoms with E-state index < -0.39 is 29.2 Å². The van der Waals surface area contributed by atoms with Gasteiger partial charge in [0.25, 0.3) is 5.56 Å². The van der Waals surface area contributed by atoms with Crippen LogP contribution < -0.4 is 16.0 Å². The number of methoxy groups -OCH3 is 1. The molecule has 4 rings (SSSR count). The van der Waals surface area contributed by atoms with Crippen LogP contribution in [0.1, 0.15) is 37.3 Å². The van der Waals surface area contributed by atoms with E-state index in [-0.39, 0.29) is 0 Å². The number of para-hydroxylation sites is 1. The van der Waals surface area contributed by atoms with Gasteiger partial charge in [-0.15, -0.1) is 0 Å². The molecular weight excluding hydrogens is 470 g/mol. The van der Waals surface area contributed by atoms with Gasteiger partial charge in [0.2, 0.25) is 0 Å². The van der Waals surface area contributed by atoms with Gasteiger partial charge in [0.15, 0.2) is 0 Å². The molecule has 0 bridgehead atoms. The quantitative estimate of drug-likeness (QED) is 0.495. The summed E-state index contributed by atoms with van der Waals surface area (Å²) in [6.07, 6.45) is 1.67. The molecule has 0 spiro atoms. The lowest BCUT2D eigenvalue weighted by Crippen LogP contribution is -2.44. The van der Waals surface area contributed by atoms with Gasteiger partial charge in [0.05, 0.1) is 24.4 Å². The summed E-state index contributed by atoms with van der Waals surface area (Å²) in [7, 11) is 1.51. The van der Waals surface area contributed by atoms with Gasteiger partial charge in [0, 0.05) is 22.2 Å². The smallest absolute Gasteiger partial charge is 0.336 e. The van der Waals surface area contributed by atoms with Crippen molar-refractivity contribution in [3.8, 4) is 22.7 Å². The second-order valence-corrected chi connectivity index (χ2v) is 9.04. The molecule has 1 aromatic heterocycles. The highest BCUT2D eigenvalue weighted by Gasteiger charge is 2.31. The van der Waals surface area contributed by atoms with E-state index in [1.807, 2.05) is 0 Å². The molecule has 1 N–H and O–H groups in total. The number of halogens is 1. The van der Waals surface area contributed by atoms with Crippen LogP contribution in [-0.2, 0) is 4.79 Å². The number of aliphatic imine (C=N–C) groups is 1. The van der Waals surface area contributed by atoms with Gasteiger partial charge in [-0.25, -0.2) is 4.79 Å². The van der Waals surface area contributed by atoms with Crippen LogP contribution in [0, 0.1) is 12.8 Å². The van der Waals surface area contributed by atoms with E-state index in [0.29, 0.717) is 64.7 Å². The zero-order valence-corrected chi connectivity index (χ0v) is 20.3. The van der Waals surface area contributed by atoms with Crippen LogP contribution in [0.5, 0.6) is 5.75 Å². The van der Waals surface area contributed by atoms with Crippen LogP contribution in [0.25, 0.3) is 16.9 Å². The highest BCUT2D eigenvalue weighted by atomic mass is 35.5. The number of rotatable bonds is 6. The van der Waals surface area contributed by atoms with Crippen LogP contribution in [0.2, 0.25) is 5.02 Å². The first-order valence-electron chi connectivity index (χ1n) is 11.3. The lowest BCUT2D eigenvalue weighted by Gasteiger charge is -2.29. The average molecular weight is 496 g/mol. The van der Waals surface area contributed by atoms with E-state index in [1.54, 1.807) is 49.4 Å². The zero-order valence-electron chi connectivity index (χ0n) is 19.5. The van der Waals surface area contributed by atoms with E-state index in [4.69, 9.17) is 16.3 Å². The first-order valence-corrected chi connectivity index (χ1v) is 11.7. The summed E-state index contributed by atoms with van der Waals surface area (Å²) in [4.78, 5) is 43.2. The Labute approximate surface area is 207 Å². The van der Waals surface area contributed by atoms with Crippen molar-refractivity contribution in [3.63, 3.8) is 0 Å². The highest BCUT2D eigenvalue weighted by molar-refractivity contribution is 6.30. The number of hydrogen-bond acceptors (Lipinski definition) is 5. The van der Waals surface area contributed by atoms with Gasteiger partial charge in [-0.3, -0.25) is 23.7 Å². The molecular formula is C26H26ClN3O5. The molecule has 182 valence electrons. The lowest BCUT2D eigenvalue weighted by atomic mass is 9.86. The van der Waals surface area contributed by atoms with E-state index in [2.05, 4.69) is 11.7 Å². The van der Waals surface area contributed by atoms with Gasteiger partial charge in [0.1, 0.15) is 11.4 Å². The molecule has 1 fully saturated rings. The minimum Gasteiger partial charge on any atom is -0.494 e. The lowest BCUT2D eigenvalue weighted by molar-refractivity contribution is -0.143. The standard InChI is InChI=1S/C26H26ClN3O5/c1-15-23(20-8-5-9-21(35-3)22(20)28-2)29(19-7-4-6-17(27)14-19)26(34)30(24(15)31)18-12-10-16(11-13-18)25(32)33/h4-9,14,16,18H,2,10-13H2,1,3H3,(H,32,33). The van der Waals surface area contributed by atoms with Gasteiger partial charge < -0.3 is 9.84 Å². The van der Waals surface area contributed by atoms with Crippen molar-refractivity contribution in [2.75, 3.05) is 7.11 Å². The van der Waals surface area contributed by atoms with Gasteiger partial charge in [-0.1, -0.05) is 29.8 Å². The molecule has 1 aliphatic carbocycles. The predicted molar refractivity (Wildman–Crippen MR) is 136 cm³/mol. The summed E-state index contributed by atoms with van der Waals surface area (Å²) in [5.41, 5.74) is 1.21. The second kappa shape index (κ2) is 9.92. The van der Waals surface area contributed by atoms with E-state index in [0.717, 1.165) is 0 Å². The molecule has 3 aromatic rings. The van der Waals surface area contributed by atoms with Crippen LogP contribution in [0.4, 0.5) is 5.69 Å². The van der Waals surface area contributed by atoms with Crippen LogP contribution in [0.15, 0.2) is 57.0 Å². The van der Waals surface area contributed by atoms with Gasteiger partial charge in [-0.05, 0) is 63.6 Å². The van der Waals surface area contributed by atoms with E-state index in [1.165, 1.54) is 16.2 Å². The van der Waals surface area contributed by atoms with E-state index in [9.17, 15) is 19.5 Å². The van der Waals surface area contributed by atoms with Crippen molar-refractivity contribution >= 4 is 30.0 Å². The Bertz CT molecular complexity index is 1420. The number of nitrogens with zero attached hydrogens (tertiary/aromatic N) is 3. The molecule has 35 heavy (non-hydrogen) atoms. The Morgan fingerprint density at radius 3 is 2.43 bits per heavy atom. The summed E-state index contributed by atoms with van der Waals surface area (Å²) in [6.45, 7) is 5.33. The third-order valence-corrected chi connectivity index (χ3v) is 6.86. The Hall–Kier alpha value is -3.65. The molecule has 1 heterocycles. The fourth-order valence-electron chi connectivity index (χ4n) is 4.86. The maximum atomic E-state index is 14.0. The number of aliphatic carboxylic acids is 1. The van der Waals surface area contributed by atoms with Crippen molar-refractivity contribution < 1.29 is 14.6 Å². The topological polar surface area (TPSA) is 103 Å². The minimum absolute atomic E-state index is 0.350. The molecule has 0 atom stereocenters. The highest BCUT2D eigenvalue weighted by Crippen LogP contribution is 2.39. The van der Waals surface area contributed by atoms with E-state index >= 15 is 0 Å². The second-order valence-electron chi connectivity index (χ2n) is 8.60. The minimum atomic E-state index is -0.846. The fraction of sp³-hybridized carbons (Fsp3) is 0.308. The first-order chi connectivity index (χ1) is 16.8. The number of aromatic nitrogens is 2. The molecule has 0 aliphatic heterocycles. The molecule has 9 heteroatoms. The van der Waals surface area contributed by atoms with Gasteiger partial charge in [-0.2, -0.15) is 0 Å². The summed E-state index contributed by atoms with van der Waals surface area (Å²) in [6, 6.07) is 11.7. The molecule has 1 aliphatic rings. The van der Waals surface area contributed by atoms with Crippen molar-refractivity contribution in [2.24, 2.45) is 10.9 Å². The Morgan fingerprint density at radius 2 is 1.83 bits per heavy atom. The molecule has 0 saturated heterocycles. The summed E-state index contributed by atoms with van der Waals surface area (Å²) >= 11 is 6.27. The Balaban J connectivity index is 2.02. The van der Waals surface area contributed by atoms with Crippen molar-refractivity contribution in [1.82, 2.24) is 9.13 Å². The molecule has 0 unspecified atom stereocenters. The first kappa shape index (κ1) is 24.5. The number of carboxylic acid groups (broad SMARTS) is 1. The third kappa shape index (κ3) is 4.41. The third-order valence-electron chi connectivity index (χ3n) is 6.63. The van der Waals surface area contributed by atoms with Gasteiger partial charge >= 0.3 is 11.7 Å². The number of hydrogen-bond donors (Lipinski definition) is 1. The summed E-state index contributed by atoms with van der Waals surface area (Å²) in [5, 5.41) is 9.79. The fourth-order valence-corrected chi connectivity index (χ4v) is 5.05. The number of carbonyl (C=O) groups is 1. The molecule has 0 radical (unpaired) electrons. The molecule has 1 saturated carbocycles. The monoisotopic (exact) mass is 495 g/mol. The maximum absolute atomic E-state index is 14.0. The van der Waals surface area contributed by atoms with Crippen LogP contribution in [-0.4, -0.2) is 34.0 Å². The number of benzene rings is 2. The summed E-state index contributed by atoms with van der Waals surface area (Å²) < 4.78 is 8.17. The Morgan fingerprint density at radius 1 is 1.14 bits per heavy atom. The van der Waals surface area contributed by atoms with Crippen molar-refractivity contribution in [1.29, 1.82) is 0 Å². The van der Waals surface area contributed by atoms with Crippen molar-refractivity contribution in [3.05, 3.63) is 73.9 Å². The predicted octanol–water partition coefficient (Wildman–Crippen LogP) is 4.78. The molecule has 2 aromatic carbocycles. The largest absolute Gasteiger partial charge is 0.494 e. The normalized spacial score (nSPS) is 17.7. The SMILES string of the molecule is C=Nc1c(OC)cccc1-c1c(C)c(=O)n(C2CCC(C(=O)O)CC2)c(=O)n1-c1cccc(Cl)c1. The zero-order chi connectivity index (χ0) is 25.3.